The van der Waals surface area contributed by atoms with Crippen LogP contribution in [0.1, 0.15) is 25.7 Å². The van der Waals surface area contributed by atoms with Crippen LogP contribution in [0.2, 0.25) is 0 Å². The van der Waals surface area contributed by atoms with Crippen LogP contribution in [0.15, 0.2) is 24.3 Å². The van der Waals surface area contributed by atoms with Gasteiger partial charge in [0.25, 0.3) is 0 Å². The van der Waals surface area contributed by atoms with Gasteiger partial charge in [-0.3, -0.25) is 9.69 Å². The molecule has 0 unspecified atom stereocenters. The Morgan fingerprint density at radius 3 is 2.08 bits per heavy atom. The van der Waals surface area contributed by atoms with Gasteiger partial charge in [0, 0.05) is 45.0 Å². The van der Waals surface area contributed by atoms with Gasteiger partial charge >= 0.3 is 6.03 Å². The molecule has 142 valence electrons. The number of benzene rings is 1. The predicted molar refractivity (Wildman–Crippen MR) is 98.5 cm³/mol. The monoisotopic (exact) mass is 362 g/mol. The molecule has 1 N–H and O–H groups in total. The second-order valence-electron chi connectivity index (χ2n) is 7.00. The molecule has 2 fully saturated rings. The van der Waals surface area contributed by atoms with Crippen LogP contribution in [0.4, 0.5) is 14.9 Å². The minimum Gasteiger partial charge on any atom is -0.342 e. The van der Waals surface area contributed by atoms with Gasteiger partial charge in [0.15, 0.2) is 0 Å². The molecular weight excluding hydrogens is 335 g/mol. The van der Waals surface area contributed by atoms with Crippen LogP contribution in [-0.4, -0.2) is 72.5 Å². The van der Waals surface area contributed by atoms with Gasteiger partial charge in [0.05, 0.1) is 6.54 Å². The molecule has 7 heteroatoms. The number of halogens is 1. The van der Waals surface area contributed by atoms with Crippen molar-refractivity contribution in [2.24, 2.45) is 0 Å². The van der Waals surface area contributed by atoms with Gasteiger partial charge in [-0.05, 0) is 37.1 Å². The van der Waals surface area contributed by atoms with E-state index in [-0.39, 0.29) is 17.8 Å². The second-order valence-corrected chi connectivity index (χ2v) is 7.00. The summed E-state index contributed by atoms with van der Waals surface area (Å²) in [4.78, 5) is 30.6. The van der Waals surface area contributed by atoms with E-state index in [9.17, 15) is 14.0 Å². The third-order valence-electron chi connectivity index (χ3n) is 5.07. The van der Waals surface area contributed by atoms with Crippen LogP contribution in [0.5, 0.6) is 0 Å². The fourth-order valence-corrected chi connectivity index (χ4v) is 3.46. The maximum Gasteiger partial charge on any atom is 0.321 e. The van der Waals surface area contributed by atoms with E-state index in [2.05, 4.69) is 10.2 Å². The first-order valence-corrected chi connectivity index (χ1v) is 9.43. The first kappa shape index (κ1) is 18.6. The van der Waals surface area contributed by atoms with Crippen LogP contribution in [0.3, 0.4) is 0 Å². The van der Waals surface area contributed by atoms with E-state index in [4.69, 9.17) is 0 Å². The lowest BCUT2D eigenvalue weighted by Gasteiger charge is -2.35. The number of carbonyl (C=O) groups is 2. The van der Waals surface area contributed by atoms with Crippen molar-refractivity contribution in [2.45, 2.75) is 25.7 Å². The average molecular weight is 362 g/mol. The lowest BCUT2D eigenvalue weighted by molar-refractivity contribution is -0.132. The Hall–Kier alpha value is -2.15. The van der Waals surface area contributed by atoms with E-state index >= 15 is 0 Å². The highest BCUT2D eigenvalue weighted by Gasteiger charge is 2.24. The number of amides is 3. The molecule has 6 nitrogen and oxygen atoms in total. The van der Waals surface area contributed by atoms with Gasteiger partial charge in [-0.1, -0.05) is 12.8 Å². The summed E-state index contributed by atoms with van der Waals surface area (Å²) < 4.78 is 12.9. The van der Waals surface area contributed by atoms with Gasteiger partial charge in [0.2, 0.25) is 5.91 Å². The lowest BCUT2D eigenvalue weighted by Crippen LogP contribution is -2.52. The van der Waals surface area contributed by atoms with Gasteiger partial charge in [0.1, 0.15) is 5.82 Å². The van der Waals surface area contributed by atoms with Crippen molar-refractivity contribution in [2.75, 3.05) is 51.1 Å². The number of carbonyl (C=O) groups excluding carboxylic acids is 2. The van der Waals surface area contributed by atoms with Gasteiger partial charge < -0.3 is 15.1 Å². The average Bonchev–Trinajstić information content (AvgIpc) is 2.94. The smallest absolute Gasteiger partial charge is 0.321 e. The number of anilines is 1. The van der Waals surface area contributed by atoms with E-state index in [0.717, 1.165) is 25.9 Å². The fraction of sp³-hybridized carbons (Fsp3) is 0.579. The molecule has 0 aliphatic carbocycles. The molecule has 0 bridgehead atoms. The summed E-state index contributed by atoms with van der Waals surface area (Å²) in [6.07, 6.45) is 4.63. The number of hydrogen-bond acceptors (Lipinski definition) is 3. The first-order valence-electron chi connectivity index (χ1n) is 9.43. The molecular formula is C19H27FN4O2. The zero-order chi connectivity index (χ0) is 18.4. The Morgan fingerprint density at radius 1 is 0.846 bits per heavy atom. The molecule has 26 heavy (non-hydrogen) atoms. The summed E-state index contributed by atoms with van der Waals surface area (Å²) in [7, 11) is 0. The molecule has 0 atom stereocenters. The summed E-state index contributed by atoms with van der Waals surface area (Å²) in [5, 5.41) is 2.78. The first-order chi connectivity index (χ1) is 12.6. The number of nitrogens with zero attached hydrogens (tertiary/aromatic N) is 3. The Balaban J connectivity index is 1.42. The Morgan fingerprint density at radius 2 is 1.46 bits per heavy atom. The lowest BCUT2D eigenvalue weighted by atomic mass is 10.2. The number of urea groups is 1. The Kier molecular flexibility index (Phi) is 6.44. The number of likely N-dealkylation sites (tertiary alicyclic amines) is 1. The third-order valence-corrected chi connectivity index (χ3v) is 5.07. The molecule has 0 saturated carbocycles. The predicted octanol–water partition coefficient (Wildman–Crippen LogP) is 2.38. The molecule has 3 amide bonds. The molecule has 0 spiro atoms. The molecule has 2 saturated heterocycles. The third kappa shape index (κ3) is 5.17. The number of hydrogen-bond donors (Lipinski definition) is 1. The molecule has 2 heterocycles. The van der Waals surface area contributed by atoms with E-state index < -0.39 is 0 Å². The van der Waals surface area contributed by atoms with Gasteiger partial charge in [-0.2, -0.15) is 0 Å². The van der Waals surface area contributed by atoms with Crippen molar-refractivity contribution >= 4 is 17.6 Å². The van der Waals surface area contributed by atoms with Crippen molar-refractivity contribution in [3.63, 3.8) is 0 Å². The summed E-state index contributed by atoms with van der Waals surface area (Å²) >= 11 is 0. The summed E-state index contributed by atoms with van der Waals surface area (Å²) in [6, 6.07) is 5.55. The van der Waals surface area contributed by atoms with Gasteiger partial charge in [-0.15, -0.1) is 0 Å². The minimum absolute atomic E-state index is 0.185. The van der Waals surface area contributed by atoms with Crippen LogP contribution in [0.25, 0.3) is 0 Å². The number of rotatable bonds is 3. The van der Waals surface area contributed by atoms with Crippen molar-refractivity contribution in [1.29, 1.82) is 0 Å². The van der Waals surface area contributed by atoms with Crippen LogP contribution < -0.4 is 5.32 Å². The van der Waals surface area contributed by atoms with E-state index in [1.165, 1.54) is 25.0 Å². The topological polar surface area (TPSA) is 55.9 Å². The molecule has 0 aromatic heterocycles. The highest BCUT2D eigenvalue weighted by Crippen LogP contribution is 2.12. The van der Waals surface area contributed by atoms with Crippen molar-refractivity contribution in [3.05, 3.63) is 30.1 Å². The molecule has 3 rings (SSSR count). The molecule has 0 radical (unpaired) electrons. The normalized spacial score (nSPS) is 19.1. The van der Waals surface area contributed by atoms with Crippen molar-refractivity contribution < 1.29 is 14.0 Å². The molecule has 2 aliphatic rings. The highest BCUT2D eigenvalue weighted by atomic mass is 19.1. The summed E-state index contributed by atoms with van der Waals surface area (Å²) in [5.41, 5.74) is 0.579. The second kappa shape index (κ2) is 8.98. The minimum atomic E-state index is -0.328. The van der Waals surface area contributed by atoms with E-state index in [0.29, 0.717) is 38.4 Å². The molecule has 1 aromatic carbocycles. The maximum atomic E-state index is 12.9. The molecule has 2 aliphatic heterocycles. The summed E-state index contributed by atoms with van der Waals surface area (Å²) in [5.74, 6) is -0.123. The maximum absolute atomic E-state index is 12.9. The van der Waals surface area contributed by atoms with Crippen LogP contribution in [0, 0.1) is 5.82 Å². The summed E-state index contributed by atoms with van der Waals surface area (Å²) in [6.45, 7) is 4.73. The van der Waals surface area contributed by atoms with Crippen LogP contribution in [-0.2, 0) is 4.79 Å². The highest BCUT2D eigenvalue weighted by molar-refractivity contribution is 5.89. The van der Waals surface area contributed by atoms with Crippen LogP contribution >= 0.6 is 0 Å². The van der Waals surface area contributed by atoms with Crippen molar-refractivity contribution in [3.8, 4) is 0 Å². The Labute approximate surface area is 153 Å². The van der Waals surface area contributed by atoms with Crippen molar-refractivity contribution in [1.82, 2.24) is 14.7 Å². The van der Waals surface area contributed by atoms with E-state index in [1.54, 1.807) is 17.0 Å². The quantitative estimate of drug-likeness (QED) is 0.898. The Bertz CT molecular complexity index is 606. The number of piperazine rings is 1. The fourth-order valence-electron chi connectivity index (χ4n) is 3.46. The standard InChI is InChI=1S/C19H27FN4O2/c20-16-5-7-17(8-6-16)21-19(26)24-13-11-22(12-14-24)15-18(25)23-9-3-1-2-4-10-23/h5-8H,1-4,9-15H2,(H,21,26). The molecule has 1 aromatic rings. The SMILES string of the molecule is O=C(CN1CCN(C(=O)Nc2ccc(F)cc2)CC1)N1CCCCCC1. The largest absolute Gasteiger partial charge is 0.342 e. The van der Waals surface area contributed by atoms with E-state index in [1.807, 2.05) is 4.90 Å². The number of nitrogens with one attached hydrogen (secondary N) is 1. The zero-order valence-corrected chi connectivity index (χ0v) is 15.1. The van der Waals surface area contributed by atoms with Gasteiger partial charge in [-0.25, -0.2) is 9.18 Å². The zero-order valence-electron chi connectivity index (χ0n) is 15.1.